The second-order valence-electron chi connectivity index (χ2n) is 22.0. The molecule has 88 heavy (non-hydrogen) atoms. The Balaban J connectivity index is -0.000000112. The Kier molecular flexibility index (Phi) is 85.5. The summed E-state index contributed by atoms with van der Waals surface area (Å²) in [6.07, 6.45) is 19.5. The fraction of sp³-hybridized carbons (Fsp3) is 0.566. The van der Waals surface area contributed by atoms with Crippen LogP contribution in [0, 0.1) is 47.0 Å². The van der Waals surface area contributed by atoms with E-state index in [1.165, 1.54) is 42.4 Å². The van der Waals surface area contributed by atoms with Crippen LogP contribution in [0.1, 0.15) is 234 Å². The van der Waals surface area contributed by atoms with Gasteiger partial charge in [0, 0.05) is 98.5 Å². The van der Waals surface area contributed by atoms with Crippen molar-refractivity contribution in [2.45, 2.75) is 234 Å². The van der Waals surface area contributed by atoms with Crippen molar-refractivity contribution in [3.8, 4) is 0 Å². The minimum absolute atomic E-state index is 0. The average Bonchev–Trinajstić information content (AvgIpc) is 4.09. The van der Waals surface area contributed by atoms with Gasteiger partial charge in [0.1, 0.15) is 31.0 Å². The first-order valence-electron chi connectivity index (χ1n) is 32.7. The van der Waals surface area contributed by atoms with E-state index in [4.69, 9.17) is 11.3 Å². The Morgan fingerprint density at radius 1 is 0.455 bits per heavy atom. The molecular formula is C76H134N9OWY-. The number of para-hydroxylation sites is 3. The van der Waals surface area contributed by atoms with Gasteiger partial charge in [0.05, 0.1) is 16.6 Å². The summed E-state index contributed by atoms with van der Waals surface area (Å²) in [5, 5.41) is 4.32. The van der Waals surface area contributed by atoms with E-state index in [1.807, 2.05) is 201 Å². The zero-order valence-corrected chi connectivity index (χ0v) is 68.3. The molecule has 3 aromatic carbocycles. The summed E-state index contributed by atoms with van der Waals surface area (Å²) in [4.78, 5) is 34.7. The van der Waals surface area contributed by atoms with Crippen LogP contribution >= 0.6 is 0 Å². The predicted octanol–water partition coefficient (Wildman–Crippen LogP) is 23.9. The molecule has 1 aliphatic heterocycles. The number of hydrogen-bond acceptors (Lipinski definition) is 9. The molecule has 9 rings (SSSR count). The molecule has 0 saturated carbocycles. The number of nitrogens with one attached hydrogen (secondary N) is 1. The Hall–Kier alpha value is -4.34. The summed E-state index contributed by atoms with van der Waals surface area (Å²) in [7, 11) is 0. The zero-order chi connectivity index (χ0) is 69.2. The monoisotopic (exact) mass is 1460 g/mol. The molecule has 0 spiro atoms. The normalized spacial score (nSPS) is 10.2. The molecule has 10 nitrogen and oxygen atoms in total. The van der Waals surface area contributed by atoms with Crippen LogP contribution in [0.5, 0.6) is 0 Å². The molecule has 499 valence electrons. The van der Waals surface area contributed by atoms with E-state index in [1.54, 1.807) is 31.3 Å². The van der Waals surface area contributed by atoms with Gasteiger partial charge in [0.25, 0.3) is 0 Å². The molecule has 8 aromatic rings. The molecule has 0 amide bonds. The van der Waals surface area contributed by atoms with Crippen molar-refractivity contribution in [1.29, 1.82) is 0 Å². The van der Waals surface area contributed by atoms with Crippen LogP contribution in [-0.4, -0.2) is 62.0 Å². The minimum Gasteiger partial charge on any atom is -0.346 e. The number of aromatic amines is 1. The fourth-order valence-electron chi connectivity index (χ4n) is 5.38. The van der Waals surface area contributed by atoms with Crippen LogP contribution in [0.25, 0.3) is 43.7 Å². The summed E-state index contributed by atoms with van der Waals surface area (Å²) in [6, 6.07) is 25.7. The third-order valence-electron chi connectivity index (χ3n) is 8.80. The SMILES string of the molecule is CC.CC.CC.CC.CC.CC.CC.CC(C)(C)C1CCOCC1.CC(C)C.CC(C)C.CC(C)C.CC(C)C.[CH-]=C[C](=[W])C(C)(C)C.[Y].c1ccc2ncncc2c1.c1ccc2ncncc2c1.c1ccc2ncncc2c1.c1ncc2cc[nH]c2n1. The summed E-state index contributed by atoms with van der Waals surface area (Å²) in [6.45, 7) is 74.7. The zero-order valence-electron chi connectivity index (χ0n) is 62.5. The number of aromatic nitrogens is 9. The number of H-pyrrole nitrogens is 1. The summed E-state index contributed by atoms with van der Waals surface area (Å²) in [5.41, 5.74) is 4.66. The number of ether oxygens (including phenoxy) is 1. The van der Waals surface area contributed by atoms with Crippen molar-refractivity contribution in [1.82, 2.24) is 44.9 Å². The molecule has 12 heteroatoms. The minimum atomic E-state index is 0. The average molecular weight is 1460 g/mol. The number of benzene rings is 3. The van der Waals surface area contributed by atoms with Gasteiger partial charge in [-0.3, -0.25) is 0 Å². The third kappa shape index (κ3) is 67.6. The third-order valence-corrected chi connectivity index (χ3v) is 11.5. The topological polar surface area (TPSA) is 128 Å². The molecule has 0 aliphatic carbocycles. The van der Waals surface area contributed by atoms with Crippen molar-refractivity contribution in [3.63, 3.8) is 0 Å². The Morgan fingerprint density at radius 3 is 0.932 bits per heavy atom. The maximum atomic E-state index is 5.32. The molecule has 6 heterocycles. The van der Waals surface area contributed by atoms with Gasteiger partial charge in [-0.15, -0.1) is 0 Å². The van der Waals surface area contributed by atoms with Crippen LogP contribution < -0.4 is 0 Å². The van der Waals surface area contributed by atoms with Crippen LogP contribution in [0.3, 0.4) is 0 Å². The molecule has 0 unspecified atom stereocenters. The maximum Gasteiger partial charge on any atom is 0.140 e. The van der Waals surface area contributed by atoms with Crippen LogP contribution in [0.4, 0.5) is 0 Å². The summed E-state index contributed by atoms with van der Waals surface area (Å²) >= 11 is 1.47. The first kappa shape index (κ1) is 103. The Labute approximate surface area is 580 Å². The number of allylic oxidation sites excluding steroid dienone is 1. The van der Waals surface area contributed by atoms with Crippen LogP contribution in [0.15, 0.2) is 141 Å². The van der Waals surface area contributed by atoms with E-state index < -0.39 is 0 Å². The first-order valence-corrected chi connectivity index (χ1v) is 34.2. The van der Waals surface area contributed by atoms with E-state index >= 15 is 0 Å². The van der Waals surface area contributed by atoms with Gasteiger partial charge in [0.2, 0.25) is 0 Å². The molecular weight excluding hydrogens is 1330 g/mol. The number of fused-ring (bicyclic) bond motifs is 4. The molecule has 5 aromatic heterocycles. The van der Waals surface area contributed by atoms with E-state index in [2.05, 4.69) is 169 Å². The van der Waals surface area contributed by atoms with Crippen molar-refractivity contribution in [3.05, 3.63) is 148 Å². The maximum absolute atomic E-state index is 5.32. The van der Waals surface area contributed by atoms with Gasteiger partial charge < -0.3 is 9.72 Å². The molecule has 1 saturated heterocycles. The molecule has 1 radical (unpaired) electrons. The standard InChI is InChI=1S/C9H18O.3C8H6N2.C7H11.C6H5N3.4C4H10.7C2H6.W.Y/c1-9(2,3)8-4-6-10-7-5-8;3*1-2-4-8-7(3-1)5-9-6-10-8;1-5-6-7(2,3)4;1-2-8-6-5(1)3-7-4-9-6;4*1-4(2)3;7*1-2;;/h8H,4-7H2,1-3H3;3*1-6H;1,5H,2-4H3;1-4H,(H,7,8,9);4*4H,1-3H3;7*1-2H3;;/q;;;;-1;;;;;;;;;;;;;;. The van der Waals surface area contributed by atoms with E-state index in [0.29, 0.717) is 5.41 Å². The van der Waals surface area contributed by atoms with E-state index in [9.17, 15) is 0 Å². The number of rotatable bonds is 1. The van der Waals surface area contributed by atoms with Crippen LogP contribution in [0.2, 0.25) is 0 Å². The quantitative estimate of drug-likeness (QED) is 0.160. The Morgan fingerprint density at radius 2 is 0.716 bits per heavy atom. The van der Waals surface area contributed by atoms with Crippen LogP contribution in [-0.2, 0) is 56.8 Å². The number of nitrogens with zero attached hydrogens (tertiary/aromatic N) is 8. The van der Waals surface area contributed by atoms with Gasteiger partial charge in [-0.25, -0.2) is 39.9 Å². The van der Waals surface area contributed by atoms with Gasteiger partial charge in [-0.1, -0.05) is 255 Å². The van der Waals surface area contributed by atoms with E-state index in [-0.39, 0.29) is 38.1 Å². The molecule has 1 N–H and O–H groups in total. The number of hydrogen-bond donors (Lipinski definition) is 1. The Bertz CT molecular complexity index is 2190. The summed E-state index contributed by atoms with van der Waals surface area (Å²) < 4.78 is 6.61. The molecule has 1 fully saturated rings. The second kappa shape index (κ2) is 73.4. The van der Waals surface area contributed by atoms with Crippen molar-refractivity contribution in [2.24, 2.45) is 40.4 Å². The molecule has 0 atom stereocenters. The van der Waals surface area contributed by atoms with E-state index in [0.717, 1.165) is 86.5 Å². The summed E-state index contributed by atoms with van der Waals surface area (Å²) in [5.74, 6) is 4.21. The van der Waals surface area contributed by atoms with Crippen molar-refractivity contribution in [2.75, 3.05) is 13.2 Å². The smallest absolute Gasteiger partial charge is 0.140 e. The van der Waals surface area contributed by atoms with Gasteiger partial charge >= 0.3 is 62.1 Å². The fourth-order valence-corrected chi connectivity index (χ4v) is 5.38. The molecule has 0 bridgehead atoms. The van der Waals surface area contributed by atoms with Crippen molar-refractivity contribution < 1.29 is 56.8 Å². The van der Waals surface area contributed by atoms with Gasteiger partial charge in [-0.05, 0) is 72.1 Å². The molecule has 1 aliphatic rings. The van der Waals surface area contributed by atoms with Gasteiger partial charge in [-0.2, -0.15) is 0 Å². The first-order chi connectivity index (χ1) is 41.4. The second-order valence-corrected chi connectivity index (χ2v) is 23.6. The van der Waals surface area contributed by atoms with Gasteiger partial charge in [0.15, 0.2) is 0 Å². The predicted molar refractivity (Wildman–Crippen MR) is 390 cm³/mol. The van der Waals surface area contributed by atoms with Crippen molar-refractivity contribution >= 4 is 47.6 Å². The largest absolute Gasteiger partial charge is 0.346 e.